The molecule has 0 bridgehead atoms. The Morgan fingerprint density at radius 3 is 2.71 bits per heavy atom. The topological polar surface area (TPSA) is 105 Å². The van der Waals surface area contributed by atoms with Gasteiger partial charge in [-0.2, -0.15) is 0 Å². The first-order valence-corrected chi connectivity index (χ1v) is 9.12. The standard InChI is InChI=1S/C19H17N3O5S/c1-27-10-9-21-18(24)17(28-19(21)20-14-5-3-2-4-6-14)12-13-7-8-16(23)15(11-13)22(25)26/h2-8,11-12,23H,9-10H2,1H3/b17-12-,20-19?. The van der Waals surface area contributed by atoms with Gasteiger partial charge in [-0.05, 0) is 41.6 Å². The molecule has 1 fully saturated rings. The number of nitro benzene ring substituents is 1. The normalized spacial score (nSPS) is 16.9. The van der Waals surface area contributed by atoms with Crippen molar-refractivity contribution in [2.24, 2.45) is 4.99 Å². The minimum atomic E-state index is -0.672. The maximum Gasteiger partial charge on any atom is 0.311 e. The number of rotatable bonds is 6. The fourth-order valence-corrected chi connectivity index (χ4v) is 3.54. The SMILES string of the molecule is COCCN1C(=O)/C(=C/c2ccc(O)c([N+](=O)[O-])c2)SC1=Nc1ccccc1. The summed E-state index contributed by atoms with van der Waals surface area (Å²) >= 11 is 1.19. The summed E-state index contributed by atoms with van der Waals surface area (Å²) in [5.74, 6) is -0.682. The molecule has 1 aliphatic rings. The van der Waals surface area contributed by atoms with Crippen LogP contribution in [0.2, 0.25) is 0 Å². The molecule has 0 aliphatic carbocycles. The number of aromatic hydroxyl groups is 1. The maximum atomic E-state index is 12.8. The summed E-state index contributed by atoms with van der Waals surface area (Å²) in [6, 6.07) is 13.2. The number of benzene rings is 2. The molecule has 2 aromatic carbocycles. The average Bonchev–Trinajstić information content (AvgIpc) is 2.96. The van der Waals surface area contributed by atoms with Crippen molar-refractivity contribution in [1.29, 1.82) is 0 Å². The molecule has 2 aromatic rings. The van der Waals surface area contributed by atoms with Gasteiger partial charge in [0, 0.05) is 13.2 Å². The van der Waals surface area contributed by atoms with Crippen molar-refractivity contribution in [3.63, 3.8) is 0 Å². The molecule has 0 unspecified atom stereocenters. The number of carbonyl (C=O) groups is 1. The third kappa shape index (κ3) is 4.38. The monoisotopic (exact) mass is 399 g/mol. The summed E-state index contributed by atoms with van der Waals surface area (Å²) in [7, 11) is 1.55. The van der Waals surface area contributed by atoms with E-state index in [4.69, 9.17) is 4.74 Å². The number of amides is 1. The number of para-hydroxylation sites is 1. The quantitative estimate of drug-likeness (QED) is 0.452. The van der Waals surface area contributed by atoms with E-state index in [1.54, 1.807) is 13.2 Å². The Balaban J connectivity index is 1.95. The van der Waals surface area contributed by atoms with Crippen molar-refractivity contribution in [3.05, 3.63) is 69.1 Å². The molecule has 0 radical (unpaired) electrons. The lowest BCUT2D eigenvalue weighted by molar-refractivity contribution is -0.385. The van der Waals surface area contributed by atoms with E-state index < -0.39 is 16.4 Å². The van der Waals surface area contributed by atoms with Crippen LogP contribution in [0, 0.1) is 10.1 Å². The van der Waals surface area contributed by atoms with E-state index in [9.17, 15) is 20.0 Å². The van der Waals surface area contributed by atoms with Crippen LogP contribution in [0.3, 0.4) is 0 Å². The van der Waals surface area contributed by atoms with E-state index in [-0.39, 0.29) is 5.91 Å². The molecule has 1 aliphatic heterocycles. The Hall–Kier alpha value is -3.17. The van der Waals surface area contributed by atoms with Gasteiger partial charge in [-0.3, -0.25) is 19.8 Å². The van der Waals surface area contributed by atoms with Crippen molar-refractivity contribution < 1.29 is 19.6 Å². The molecule has 0 saturated carbocycles. The van der Waals surface area contributed by atoms with Crippen molar-refractivity contribution in [2.45, 2.75) is 0 Å². The molecule has 9 heteroatoms. The van der Waals surface area contributed by atoms with Crippen LogP contribution in [0.5, 0.6) is 5.75 Å². The smallest absolute Gasteiger partial charge is 0.311 e. The van der Waals surface area contributed by atoms with Crippen molar-refractivity contribution in [1.82, 2.24) is 4.90 Å². The van der Waals surface area contributed by atoms with Gasteiger partial charge < -0.3 is 9.84 Å². The first kappa shape index (κ1) is 19.6. The Bertz CT molecular complexity index is 959. The van der Waals surface area contributed by atoms with Crippen LogP contribution < -0.4 is 0 Å². The summed E-state index contributed by atoms with van der Waals surface area (Å²) in [6.07, 6.45) is 1.55. The van der Waals surface area contributed by atoms with Gasteiger partial charge in [0.25, 0.3) is 5.91 Å². The van der Waals surface area contributed by atoms with Crippen LogP contribution >= 0.6 is 11.8 Å². The number of phenolic OH excluding ortho intramolecular Hbond substituents is 1. The number of thioether (sulfide) groups is 1. The van der Waals surface area contributed by atoms with Crippen molar-refractivity contribution in [2.75, 3.05) is 20.3 Å². The van der Waals surface area contributed by atoms with Crippen LogP contribution in [0.1, 0.15) is 5.56 Å². The van der Waals surface area contributed by atoms with E-state index in [0.717, 1.165) is 0 Å². The Kier molecular flexibility index (Phi) is 6.07. The van der Waals surface area contributed by atoms with Crippen LogP contribution in [-0.4, -0.2) is 46.3 Å². The molecule has 144 valence electrons. The molecule has 0 atom stereocenters. The second-order valence-corrected chi connectivity index (χ2v) is 6.80. The molecule has 1 heterocycles. The van der Waals surface area contributed by atoms with E-state index in [1.807, 2.05) is 30.3 Å². The number of nitro groups is 1. The number of nitrogens with zero attached hydrogens (tertiary/aromatic N) is 3. The number of aliphatic imine (C=N–C) groups is 1. The zero-order valence-corrected chi connectivity index (χ0v) is 15.8. The van der Waals surface area contributed by atoms with Crippen LogP contribution in [0.4, 0.5) is 11.4 Å². The number of amidine groups is 1. The van der Waals surface area contributed by atoms with E-state index >= 15 is 0 Å². The molecule has 1 saturated heterocycles. The zero-order valence-electron chi connectivity index (χ0n) is 14.9. The lowest BCUT2D eigenvalue weighted by atomic mass is 10.1. The average molecular weight is 399 g/mol. The van der Waals surface area contributed by atoms with Crippen LogP contribution in [0.15, 0.2) is 58.4 Å². The molecule has 8 nitrogen and oxygen atoms in total. The van der Waals surface area contributed by atoms with E-state index in [0.29, 0.717) is 34.5 Å². The first-order valence-electron chi connectivity index (χ1n) is 8.31. The van der Waals surface area contributed by atoms with Gasteiger partial charge >= 0.3 is 5.69 Å². The summed E-state index contributed by atoms with van der Waals surface area (Å²) in [6.45, 7) is 0.680. The molecule has 0 aromatic heterocycles. The lowest BCUT2D eigenvalue weighted by Gasteiger charge is -2.14. The van der Waals surface area contributed by atoms with Gasteiger partial charge in [-0.15, -0.1) is 0 Å². The van der Waals surface area contributed by atoms with E-state index in [1.165, 1.54) is 34.9 Å². The highest BCUT2D eigenvalue weighted by molar-refractivity contribution is 8.18. The predicted octanol–water partition coefficient (Wildman–Crippen LogP) is 3.55. The summed E-state index contributed by atoms with van der Waals surface area (Å²) in [5.41, 5.74) is 0.731. The number of phenols is 1. The molecule has 0 spiro atoms. The fraction of sp³-hybridized carbons (Fsp3) is 0.158. The van der Waals surface area contributed by atoms with Crippen molar-refractivity contribution >= 4 is 40.3 Å². The minimum absolute atomic E-state index is 0.257. The highest BCUT2D eigenvalue weighted by Crippen LogP contribution is 2.35. The summed E-state index contributed by atoms with van der Waals surface area (Å²) in [4.78, 5) is 29.6. The highest BCUT2D eigenvalue weighted by Gasteiger charge is 2.33. The lowest BCUT2D eigenvalue weighted by Crippen LogP contribution is -2.32. The largest absolute Gasteiger partial charge is 0.502 e. The Morgan fingerprint density at radius 1 is 1.29 bits per heavy atom. The molecule has 3 rings (SSSR count). The third-order valence-electron chi connectivity index (χ3n) is 3.88. The zero-order chi connectivity index (χ0) is 20.1. The van der Waals surface area contributed by atoms with Gasteiger partial charge in [0.1, 0.15) is 0 Å². The second kappa shape index (κ2) is 8.68. The number of hydrogen-bond donors (Lipinski definition) is 1. The van der Waals surface area contributed by atoms with E-state index in [2.05, 4.69) is 4.99 Å². The Labute approximate surface area is 165 Å². The van der Waals surface area contributed by atoms with Gasteiger partial charge in [-0.1, -0.05) is 24.3 Å². The minimum Gasteiger partial charge on any atom is -0.502 e. The highest BCUT2D eigenvalue weighted by atomic mass is 32.2. The number of hydrogen-bond acceptors (Lipinski definition) is 7. The van der Waals surface area contributed by atoms with Gasteiger partial charge in [0.05, 0.1) is 28.7 Å². The van der Waals surface area contributed by atoms with Crippen LogP contribution in [-0.2, 0) is 9.53 Å². The van der Waals surface area contributed by atoms with Gasteiger partial charge in [0.2, 0.25) is 0 Å². The number of ether oxygens (including phenoxy) is 1. The Morgan fingerprint density at radius 2 is 2.04 bits per heavy atom. The van der Waals surface area contributed by atoms with Crippen LogP contribution in [0.25, 0.3) is 6.08 Å². The van der Waals surface area contributed by atoms with Gasteiger partial charge in [-0.25, -0.2) is 4.99 Å². The van der Waals surface area contributed by atoms with Gasteiger partial charge in [0.15, 0.2) is 10.9 Å². The molecule has 1 N–H and O–H groups in total. The molecule has 1 amide bonds. The fourth-order valence-electron chi connectivity index (χ4n) is 2.51. The van der Waals surface area contributed by atoms with Crippen molar-refractivity contribution in [3.8, 4) is 5.75 Å². The second-order valence-electron chi connectivity index (χ2n) is 5.80. The molecular weight excluding hydrogens is 382 g/mol. The molecular formula is C19H17N3O5S. The summed E-state index contributed by atoms with van der Waals surface area (Å²) < 4.78 is 5.08. The summed E-state index contributed by atoms with van der Waals surface area (Å²) in [5, 5.41) is 21.1. The maximum absolute atomic E-state index is 12.8. The third-order valence-corrected chi connectivity index (χ3v) is 4.89. The molecule has 28 heavy (non-hydrogen) atoms. The number of methoxy groups -OCH3 is 1. The first-order chi connectivity index (χ1) is 13.5. The number of carbonyl (C=O) groups excluding carboxylic acids is 1. The predicted molar refractivity (Wildman–Crippen MR) is 107 cm³/mol.